The van der Waals surface area contributed by atoms with E-state index >= 15 is 0 Å². The fourth-order valence-corrected chi connectivity index (χ4v) is 2.81. The lowest BCUT2D eigenvalue weighted by Crippen LogP contribution is -2.48. The van der Waals surface area contributed by atoms with Crippen molar-refractivity contribution in [3.63, 3.8) is 0 Å². The van der Waals surface area contributed by atoms with Gasteiger partial charge in [0.1, 0.15) is 0 Å². The molecule has 2 N–H and O–H groups in total. The summed E-state index contributed by atoms with van der Waals surface area (Å²) in [7, 11) is 0. The fourth-order valence-electron chi connectivity index (χ4n) is 2.81. The van der Waals surface area contributed by atoms with Crippen molar-refractivity contribution in [2.75, 3.05) is 13.1 Å². The number of hydrogen-bond acceptors (Lipinski definition) is 2. The molecule has 1 aliphatic heterocycles. The zero-order chi connectivity index (χ0) is 15.6. The Kier molecular flexibility index (Phi) is 4.59. The van der Waals surface area contributed by atoms with Gasteiger partial charge < -0.3 is 15.3 Å². The van der Waals surface area contributed by atoms with Crippen molar-refractivity contribution in [3.8, 4) is 0 Å². The number of aliphatic carboxylic acids is 1. The second kappa shape index (κ2) is 6.08. The molecule has 2 aliphatic rings. The number of carboxylic acids is 1. The predicted octanol–water partition coefficient (Wildman–Crippen LogP) is 2.63. The number of urea groups is 1. The third-order valence-electron chi connectivity index (χ3n) is 4.35. The topological polar surface area (TPSA) is 69.6 Å². The van der Waals surface area contributed by atoms with Crippen LogP contribution in [0.1, 0.15) is 46.5 Å². The van der Waals surface area contributed by atoms with E-state index in [0.717, 1.165) is 19.3 Å². The van der Waals surface area contributed by atoms with Crippen molar-refractivity contribution in [1.29, 1.82) is 0 Å². The van der Waals surface area contributed by atoms with Crippen LogP contribution in [0.25, 0.3) is 0 Å². The van der Waals surface area contributed by atoms with Crippen molar-refractivity contribution in [3.05, 3.63) is 11.6 Å². The summed E-state index contributed by atoms with van der Waals surface area (Å²) < 4.78 is 0. The number of nitrogens with zero attached hydrogens (tertiary/aromatic N) is 1. The fraction of sp³-hybridized carbons (Fsp3) is 0.750. The van der Waals surface area contributed by atoms with E-state index in [1.54, 1.807) is 4.90 Å². The van der Waals surface area contributed by atoms with Gasteiger partial charge in [0, 0.05) is 19.1 Å². The minimum atomic E-state index is -0.847. The highest BCUT2D eigenvalue weighted by Crippen LogP contribution is 2.34. The molecule has 0 bridgehead atoms. The van der Waals surface area contributed by atoms with Crippen LogP contribution in [0.4, 0.5) is 4.79 Å². The first-order valence-corrected chi connectivity index (χ1v) is 7.74. The van der Waals surface area contributed by atoms with E-state index in [9.17, 15) is 9.59 Å². The molecule has 1 atom stereocenters. The van der Waals surface area contributed by atoms with Gasteiger partial charge in [-0.3, -0.25) is 4.79 Å². The van der Waals surface area contributed by atoms with Gasteiger partial charge in [-0.15, -0.1) is 0 Å². The van der Waals surface area contributed by atoms with E-state index in [1.807, 2.05) is 0 Å². The maximum Gasteiger partial charge on any atom is 0.317 e. The van der Waals surface area contributed by atoms with E-state index in [2.05, 4.69) is 32.2 Å². The molecular formula is C16H26N2O3. The lowest BCUT2D eigenvalue weighted by Gasteiger charge is -2.33. The number of amides is 2. The van der Waals surface area contributed by atoms with Crippen LogP contribution in [-0.2, 0) is 4.79 Å². The van der Waals surface area contributed by atoms with E-state index in [-0.39, 0.29) is 23.9 Å². The van der Waals surface area contributed by atoms with Gasteiger partial charge in [-0.25, -0.2) is 4.79 Å². The Labute approximate surface area is 126 Å². The third kappa shape index (κ3) is 4.48. The molecule has 0 aromatic carbocycles. The number of hydrogen-bond donors (Lipinski definition) is 2. The molecule has 0 saturated heterocycles. The molecule has 0 radical (unpaired) electrons. The highest BCUT2D eigenvalue weighted by Gasteiger charge is 2.35. The monoisotopic (exact) mass is 294 g/mol. The van der Waals surface area contributed by atoms with Crippen molar-refractivity contribution < 1.29 is 14.7 Å². The van der Waals surface area contributed by atoms with Gasteiger partial charge in [0.2, 0.25) is 0 Å². The SMILES string of the molecule is CC(C)(C)C1=CCN(C(=O)NC(CC(=O)O)C2CC2)CC1. The molecule has 1 heterocycles. The van der Waals surface area contributed by atoms with Crippen molar-refractivity contribution >= 4 is 12.0 Å². The van der Waals surface area contributed by atoms with Gasteiger partial charge in [0.05, 0.1) is 6.42 Å². The van der Waals surface area contributed by atoms with E-state index in [4.69, 9.17) is 5.11 Å². The molecule has 0 aromatic rings. The van der Waals surface area contributed by atoms with Crippen LogP contribution in [0.2, 0.25) is 0 Å². The molecule has 5 nitrogen and oxygen atoms in total. The third-order valence-corrected chi connectivity index (χ3v) is 4.35. The van der Waals surface area contributed by atoms with Crippen LogP contribution in [0.3, 0.4) is 0 Å². The highest BCUT2D eigenvalue weighted by molar-refractivity contribution is 5.76. The first-order chi connectivity index (χ1) is 9.77. The van der Waals surface area contributed by atoms with E-state index in [0.29, 0.717) is 19.0 Å². The molecular weight excluding hydrogens is 268 g/mol. The smallest absolute Gasteiger partial charge is 0.317 e. The predicted molar refractivity (Wildman–Crippen MR) is 81.0 cm³/mol. The lowest BCUT2D eigenvalue weighted by atomic mass is 9.83. The zero-order valence-corrected chi connectivity index (χ0v) is 13.2. The van der Waals surface area contributed by atoms with Crippen LogP contribution in [0.5, 0.6) is 0 Å². The Hall–Kier alpha value is -1.52. The molecule has 1 unspecified atom stereocenters. The molecule has 0 spiro atoms. The van der Waals surface area contributed by atoms with Crippen LogP contribution >= 0.6 is 0 Å². The van der Waals surface area contributed by atoms with E-state index in [1.165, 1.54) is 5.57 Å². The van der Waals surface area contributed by atoms with Crippen LogP contribution in [0.15, 0.2) is 11.6 Å². The number of rotatable bonds is 4. The van der Waals surface area contributed by atoms with Crippen molar-refractivity contribution in [1.82, 2.24) is 10.2 Å². The summed E-state index contributed by atoms with van der Waals surface area (Å²) in [6, 6.07) is -0.347. The van der Waals surface area contributed by atoms with Crippen LogP contribution < -0.4 is 5.32 Å². The average Bonchev–Trinajstić information content (AvgIpc) is 3.20. The first kappa shape index (κ1) is 15.9. The van der Waals surface area contributed by atoms with Gasteiger partial charge in [-0.05, 0) is 30.6 Å². The number of nitrogens with one attached hydrogen (secondary N) is 1. The number of carbonyl (C=O) groups excluding carboxylic acids is 1. The summed E-state index contributed by atoms with van der Waals surface area (Å²) in [6.07, 6.45) is 5.09. The summed E-state index contributed by atoms with van der Waals surface area (Å²) in [5, 5.41) is 11.8. The standard InChI is InChI=1S/C16H26N2O3/c1-16(2,3)12-6-8-18(9-7-12)15(21)17-13(10-14(19)20)11-4-5-11/h6,11,13H,4-5,7-10H2,1-3H3,(H,17,21)(H,19,20). The second-order valence-electron chi connectivity index (χ2n) is 7.17. The minimum absolute atomic E-state index is 0.0212. The van der Waals surface area contributed by atoms with Gasteiger partial charge in [0.15, 0.2) is 0 Å². The summed E-state index contributed by atoms with van der Waals surface area (Å²) in [6.45, 7) is 7.88. The molecule has 2 rings (SSSR count). The van der Waals surface area contributed by atoms with Gasteiger partial charge in [-0.1, -0.05) is 32.4 Å². The van der Waals surface area contributed by atoms with Crippen molar-refractivity contribution in [2.24, 2.45) is 11.3 Å². The van der Waals surface area contributed by atoms with Gasteiger partial charge in [0.25, 0.3) is 0 Å². The summed E-state index contributed by atoms with van der Waals surface area (Å²) >= 11 is 0. The number of carboxylic acid groups (broad SMARTS) is 1. The molecule has 0 aromatic heterocycles. The molecule has 5 heteroatoms. The molecule has 1 aliphatic carbocycles. The lowest BCUT2D eigenvalue weighted by molar-refractivity contribution is -0.137. The minimum Gasteiger partial charge on any atom is -0.481 e. The maximum absolute atomic E-state index is 12.3. The van der Waals surface area contributed by atoms with Crippen LogP contribution in [-0.4, -0.2) is 41.1 Å². The molecule has 2 amide bonds. The van der Waals surface area contributed by atoms with Crippen LogP contribution in [0, 0.1) is 11.3 Å². The molecule has 1 fully saturated rings. The van der Waals surface area contributed by atoms with Gasteiger partial charge >= 0.3 is 12.0 Å². The average molecular weight is 294 g/mol. The largest absolute Gasteiger partial charge is 0.481 e. The maximum atomic E-state index is 12.3. The summed E-state index contributed by atoms with van der Waals surface area (Å²) in [5.41, 5.74) is 1.54. The Morgan fingerprint density at radius 3 is 2.52 bits per heavy atom. The summed E-state index contributed by atoms with van der Waals surface area (Å²) in [5.74, 6) is -0.503. The van der Waals surface area contributed by atoms with Crippen molar-refractivity contribution in [2.45, 2.75) is 52.5 Å². The molecule has 1 saturated carbocycles. The first-order valence-electron chi connectivity index (χ1n) is 7.74. The normalized spacial score (nSPS) is 20.7. The Morgan fingerprint density at radius 1 is 1.43 bits per heavy atom. The quantitative estimate of drug-likeness (QED) is 0.783. The molecule has 118 valence electrons. The Bertz CT molecular complexity index is 447. The second-order valence-corrected chi connectivity index (χ2v) is 7.17. The number of carbonyl (C=O) groups is 2. The summed E-state index contributed by atoms with van der Waals surface area (Å²) in [4.78, 5) is 24.9. The van der Waals surface area contributed by atoms with E-state index < -0.39 is 5.97 Å². The Balaban J connectivity index is 1.89. The van der Waals surface area contributed by atoms with Gasteiger partial charge in [-0.2, -0.15) is 0 Å². The highest BCUT2D eigenvalue weighted by atomic mass is 16.4. The Morgan fingerprint density at radius 2 is 2.10 bits per heavy atom. The zero-order valence-electron chi connectivity index (χ0n) is 13.2. The molecule has 21 heavy (non-hydrogen) atoms.